The molecule has 1 radical (unpaired) electrons. The van der Waals surface area contributed by atoms with Crippen molar-refractivity contribution in [3.05, 3.63) is 0 Å². The van der Waals surface area contributed by atoms with Crippen molar-refractivity contribution in [1.82, 2.24) is 0 Å². The monoisotopic (exact) mass is 143 g/mol. The minimum absolute atomic E-state index is 0.749. The van der Waals surface area contributed by atoms with Crippen LogP contribution in [0.2, 0.25) is 12.1 Å². The van der Waals surface area contributed by atoms with E-state index in [-0.39, 0.29) is 0 Å². The quantitative estimate of drug-likeness (QED) is 0.419. The summed E-state index contributed by atoms with van der Waals surface area (Å²) in [6.07, 6.45) is 2.51. The van der Waals surface area contributed by atoms with Crippen LogP contribution >= 0.6 is 9.24 Å². The van der Waals surface area contributed by atoms with Crippen molar-refractivity contribution in [1.29, 1.82) is 0 Å². The third kappa shape index (κ3) is 6.38. The average Bonchev–Trinajstić information content (AvgIpc) is 1.83. The lowest BCUT2D eigenvalue weighted by Gasteiger charge is -2.07. The Balaban J connectivity index is 3.06. The van der Waals surface area contributed by atoms with Crippen LogP contribution in [0.25, 0.3) is 0 Å². The first kappa shape index (κ1) is 9.49. The van der Waals surface area contributed by atoms with Gasteiger partial charge in [0.15, 0.2) is 0 Å². The third-order valence-electron chi connectivity index (χ3n) is 1.55. The fraction of sp³-hybridized carbons (Fsp3) is 1.00. The van der Waals surface area contributed by atoms with Gasteiger partial charge in [0.25, 0.3) is 0 Å². The van der Waals surface area contributed by atoms with E-state index < -0.39 is 0 Å². The minimum Gasteiger partial charge on any atom is -0.135 e. The van der Waals surface area contributed by atoms with Crippen molar-refractivity contribution in [3.63, 3.8) is 0 Å². The highest BCUT2D eigenvalue weighted by molar-refractivity contribution is 7.17. The van der Waals surface area contributed by atoms with E-state index in [1.807, 2.05) is 0 Å². The molecular weight excluding hydrogens is 126 g/mol. The van der Waals surface area contributed by atoms with Crippen LogP contribution in [0.5, 0.6) is 0 Å². The molecule has 0 aliphatic heterocycles. The van der Waals surface area contributed by atoms with Gasteiger partial charge in [-0.25, -0.2) is 0 Å². The van der Waals surface area contributed by atoms with Gasteiger partial charge in [0.05, 0.1) is 0 Å². The Kier molecular flexibility index (Phi) is 5.58. The first-order chi connectivity index (χ1) is 4.16. The molecule has 0 aromatic rings. The summed E-state index contributed by atoms with van der Waals surface area (Å²) >= 11 is 0. The van der Waals surface area contributed by atoms with Gasteiger partial charge in [-0.2, -0.15) is 0 Å². The van der Waals surface area contributed by atoms with Gasteiger partial charge in [-0.1, -0.05) is 39.3 Å². The van der Waals surface area contributed by atoms with Crippen LogP contribution in [0.15, 0.2) is 0 Å². The van der Waals surface area contributed by atoms with Crippen molar-refractivity contribution in [2.45, 2.75) is 45.0 Å². The molecule has 0 heterocycles. The summed E-state index contributed by atoms with van der Waals surface area (Å²) in [7, 11) is 5.21. The fourth-order valence-electron chi connectivity index (χ4n) is 0.614. The molecule has 0 aliphatic rings. The second-order valence-corrected chi connectivity index (χ2v) is 3.97. The molecule has 9 heavy (non-hydrogen) atoms. The maximum atomic E-state index is 2.81. The summed E-state index contributed by atoms with van der Waals surface area (Å²) in [6.45, 7) is 6.73. The molecule has 0 fully saturated rings. The third-order valence-corrected chi connectivity index (χ3v) is 1.83. The highest BCUT2D eigenvalue weighted by atomic mass is 31.0. The highest BCUT2D eigenvalue weighted by Crippen LogP contribution is 2.12. The summed E-state index contributed by atoms with van der Waals surface area (Å²) < 4.78 is 0. The van der Waals surface area contributed by atoms with Crippen LogP contribution in [-0.2, 0) is 0 Å². The molecule has 0 rings (SSSR count). The van der Waals surface area contributed by atoms with Crippen molar-refractivity contribution in [2.75, 3.05) is 0 Å². The maximum Gasteiger partial charge on any atom is 0.114 e. The molecule has 2 heteroatoms. The zero-order chi connectivity index (χ0) is 7.28. The second-order valence-electron chi connectivity index (χ2n) is 2.83. The zero-order valence-corrected chi connectivity index (χ0v) is 7.88. The predicted molar refractivity (Wildman–Crippen MR) is 49.4 cm³/mol. The molecule has 0 aromatic carbocycles. The number of hydrogen-bond acceptors (Lipinski definition) is 0. The van der Waals surface area contributed by atoms with E-state index in [1.165, 1.54) is 12.7 Å². The lowest BCUT2D eigenvalue weighted by molar-refractivity contribution is 0.859. The Morgan fingerprint density at radius 3 is 2.33 bits per heavy atom. The average molecular weight is 143 g/mol. The molecule has 0 nitrogen and oxygen atoms in total. The molecule has 0 aromatic heterocycles. The van der Waals surface area contributed by atoms with Gasteiger partial charge < -0.3 is 0 Å². The Morgan fingerprint density at radius 2 is 2.00 bits per heavy atom. The summed E-state index contributed by atoms with van der Waals surface area (Å²) in [5.74, 6) is 0.799. The van der Waals surface area contributed by atoms with E-state index in [0.29, 0.717) is 0 Å². The van der Waals surface area contributed by atoms with Crippen LogP contribution in [0.1, 0.15) is 27.2 Å². The van der Waals surface area contributed by atoms with E-state index in [1.54, 1.807) is 0 Å². The summed E-state index contributed by atoms with van der Waals surface area (Å²) in [5, 5.41) is 0. The van der Waals surface area contributed by atoms with Crippen molar-refractivity contribution >= 4 is 16.5 Å². The first-order valence-corrected chi connectivity index (χ1v) is 4.42. The lowest BCUT2D eigenvalue weighted by Crippen LogP contribution is -2.02. The van der Waals surface area contributed by atoms with Gasteiger partial charge in [-0.15, -0.1) is 9.24 Å². The first-order valence-electron chi connectivity index (χ1n) is 3.75. The zero-order valence-electron chi connectivity index (χ0n) is 6.72. The largest absolute Gasteiger partial charge is 0.135 e. The molecule has 0 aliphatic carbocycles. The van der Waals surface area contributed by atoms with Gasteiger partial charge in [0.2, 0.25) is 0 Å². The fourth-order valence-corrected chi connectivity index (χ4v) is 0.771. The Bertz CT molecular complexity index is 63.9. The molecule has 1 unspecified atom stereocenters. The second kappa shape index (κ2) is 5.29. The number of rotatable bonds is 4. The maximum absolute atomic E-state index is 2.81. The van der Waals surface area contributed by atoms with Crippen molar-refractivity contribution in [3.8, 4) is 0 Å². The van der Waals surface area contributed by atoms with Crippen LogP contribution in [-0.4, -0.2) is 12.9 Å². The number of hydrogen-bond donors (Lipinski definition) is 0. The van der Waals surface area contributed by atoms with Crippen LogP contribution in [0.4, 0.5) is 0 Å². The SMILES string of the molecule is CC[C@H](C)[B]C[C@H](C)P. The van der Waals surface area contributed by atoms with Crippen LogP contribution < -0.4 is 0 Å². The van der Waals surface area contributed by atoms with E-state index in [4.69, 9.17) is 0 Å². The molecule has 53 valence electrons. The van der Waals surface area contributed by atoms with E-state index in [2.05, 4.69) is 37.3 Å². The molecule has 0 saturated carbocycles. The minimum atomic E-state index is 0.749. The van der Waals surface area contributed by atoms with Crippen molar-refractivity contribution < 1.29 is 0 Å². The van der Waals surface area contributed by atoms with Crippen molar-refractivity contribution in [2.24, 2.45) is 0 Å². The Labute approximate surface area is 62.2 Å². The molecular formula is C7H17BP. The normalized spacial score (nSPS) is 16.9. The molecule has 3 atom stereocenters. The molecule has 0 saturated heterocycles. The van der Waals surface area contributed by atoms with Crippen LogP contribution in [0, 0.1) is 0 Å². The molecule has 0 spiro atoms. The summed E-state index contributed by atoms with van der Waals surface area (Å²) in [4.78, 5) is 0. The Morgan fingerprint density at radius 1 is 1.44 bits per heavy atom. The van der Waals surface area contributed by atoms with Gasteiger partial charge in [0, 0.05) is 0 Å². The topological polar surface area (TPSA) is 0 Å². The van der Waals surface area contributed by atoms with Crippen LogP contribution in [0.3, 0.4) is 0 Å². The van der Waals surface area contributed by atoms with Gasteiger partial charge >= 0.3 is 0 Å². The van der Waals surface area contributed by atoms with E-state index in [0.717, 1.165) is 11.5 Å². The molecule has 0 amide bonds. The standard InChI is InChI=1S/C7H17BP/c1-4-6(2)8-5-7(3)9/h6-7H,4-5,9H2,1-3H3/t6-,7-/m0/s1. The summed E-state index contributed by atoms with van der Waals surface area (Å²) in [6, 6.07) is 0. The van der Waals surface area contributed by atoms with E-state index >= 15 is 0 Å². The highest BCUT2D eigenvalue weighted by Gasteiger charge is 2.01. The van der Waals surface area contributed by atoms with E-state index in [9.17, 15) is 0 Å². The molecule has 0 bridgehead atoms. The van der Waals surface area contributed by atoms with Gasteiger partial charge in [-0.3, -0.25) is 0 Å². The summed E-state index contributed by atoms with van der Waals surface area (Å²) in [5.41, 5.74) is 0.749. The Hall–Kier alpha value is 0.495. The molecule has 0 N–H and O–H groups in total. The van der Waals surface area contributed by atoms with Gasteiger partial charge in [-0.05, 0) is 5.66 Å². The lowest BCUT2D eigenvalue weighted by atomic mass is 9.61. The smallest absolute Gasteiger partial charge is 0.114 e. The predicted octanol–water partition coefficient (Wildman–Crippen LogP) is 2.59. The van der Waals surface area contributed by atoms with Gasteiger partial charge in [0.1, 0.15) is 7.28 Å².